The predicted octanol–water partition coefficient (Wildman–Crippen LogP) is 2.51. The molecule has 1 N–H and O–H groups in total. The average Bonchev–Trinajstić information content (AvgIpc) is 2.35. The number of aromatic nitrogens is 2. The van der Waals surface area contributed by atoms with E-state index in [9.17, 15) is 13.2 Å². The predicted molar refractivity (Wildman–Crippen MR) is 56.3 cm³/mol. The van der Waals surface area contributed by atoms with Crippen molar-refractivity contribution in [3.8, 4) is 6.07 Å². The molecule has 0 fully saturated rings. The van der Waals surface area contributed by atoms with E-state index in [2.05, 4.69) is 15.3 Å². The van der Waals surface area contributed by atoms with Gasteiger partial charge in [-0.3, -0.25) is 0 Å². The van der Waals surface area contributed by atoms with Crippen LogP contribution in [0.2, 0.25) is 0 Å². The van der Waals surface area contributed by atoms with Gasteiger partial charge in [0.05, 0.1) is 5.69 Å². The molecule has 1 heterocycles. The summed E-state index contributed by atoms with van der Waals surface area (Å²) in [6.07, 6.45) is 1.27. The van der Waals surface area contributed by atoms with Gasteiger partial charge in [-0.15, -0.1) is 0 Å². The van der Waals surface area contributed by atoms with Crippen molar-refractivity contribution in [2.75, 3.05) is 5.32 Å². The quantitative estimate of drug-likeness (QED) is 0.832. The molecule has 0 saturated carbocycles. The number of nitrogens with one attached hydrogen (secondary N) is 1. The molecule has 0 spiro atoms. The second-order valence-electron chi connectivity index (χ2n) is 3.25. The summed E-state index contributed by atoms with van der Waals surface area (Å²) >= 11 is 0. The SMILES string of the molecule is N#Cc1ccnc(Nc2cc(F)cc(F)c2F)n1. The van der Waals surface area contributed by atoms with Crippen LogP contribution in [0.1, 0.15) is 5.69 Å². The lowest BCUT2D eigenvalue weighted by Gasteiger charge is -2.06. The van der Waals surface area contributed by atoms with Gasteiger partial charge < -0.3 is 5.32 Å². The van der Waals surface area contributed by atoms with Crippen molar-refractivity contribution in [2.45, 2.75) is 0 Å². The van der Waals surface area contributed by atoms with Crippen LogP contribution in [0.4, 0.5) is 24.8 Å². The van der Waals surface area contributed by atoms with Crippen LogP contribution in [0.25, 0.3) is 0 Å². The first-order chi connectivity index (χ1) is 8.60. The van der Waals surface area contributed by atoms with Gasteiger partial charge >= 0.3 is 0 Å². The van der Waals surface area contributed by atoms with Crippen LogP contribution in [0.3, 0.4) is 0 Å². The Hall–Kier alpha value is -2.62. The Kier molecular flexibility index (Phi) is 3.10. The van der Waals surface area contributed by atoms with Crippen LogP contribution < -0.4 is 5.32 Å². The molecule has 0 aliphatic carbocycles. The van der Waals surface area contributed by atoms with Gasteiger partial charge in [0, 0.05) is 18.3 Å². The molecule has 0 atom stereocenters. The molecule has 90 valence electrons. The van der Waals surface area contributed by atoms with E-state index in [1.807, 2.05) is 0 Å². The Labute approximate surface area is 99.7 Å². The highest BCUT2D eigenvalue weighted by atomic mass is 19.2. The monoisotopic (exact) mass is 250 g/mol. The van der Waals surface area contributed by atoms with Gasteiger partial charge in [0.25, 0.3) is 0 Å². The third kappa shape index (κ3) is 2.38. The minimum absolute atomic E-state index is 0.0461. The summed E-state index contributed by atoms with van der Waals surface area (Å²) < 4.78 is 39.2. The zero-order valence-electron chi connectivity index (χ0n) is 8.78. The van der Waals surface area contributed by atoms with Gasteiger partial charge in [0.15, 0.2) is 11.6 Å². The summed E-state index contributed by atoms with van der Waals surface area (Å²) in [4.78, 5) is 7.39. The molecule has 2 aromatic rings. The fourth-order valence-corrected chi connectivity index (χ4v) is 1.25. The van der Waals surface area contributed by atoms with Gasteiger partial charge in [-0.2, -0.15) is 5.26 Å². The molecule has 0 radical (unpaired) electrons. The molecular weight excluding hydrogens is 245 g/mol. The van der Waals surface area contributed by atoms with Crippen LogP contribution in [-0.2, 0) is 0 Å². The topological polar surface area (TPSA) is 61.6 Å². The van der Waals surface area contributed by atoms with E-state index in [0.29, 0.717) is 6.07 Å². The van der Waals surface area contributed by atoms with Crippen LogP contribution in [0, 0.1) is 28.8 Å². The second kappa shape index (κ2) is 4.71. The van der Waals surface area contributed by atoms with Crippen molar-refractivity contribution in [1.82, 2.24) is 9.97 Å². The number of benzene rings is 1. The molecule has 0 saturated heterocycles. The number of nitriles is 1. The normalized spacial score (nSPS) is 9.89. The maximum atomic E-state index is 13.3. The number of nitrogens with zero attached hydrogens (tertiary/aromatic N) is 3. The average molecular weight is 250 g/mol. The largest absolute Gasteiger partial charge is 0.321 e. The Morgan fingerprint density at radius 3 is 2.72 bits per heavy atom. The van der Waals surface area contributed by atoms with Crippen molar-refractivity contribution >= 4 is 11.6 Å². The molecule has 0 unspecified atom stereocenters. The van der Waals surface area contributed by atoms with Gasteiger partial charge in [-0.25, -0.2) is 23.1 Å². The molecule has 7 heteroatoms. The molecule has 2 rings (SSSR count). The summed E-state index contributed by atoms with van der Waals surface area (Å²) in [6, 6.07) is 4.29. The Morgan fingerprint density at radius 2 is 2.00 bits per heavy atom. The van der Waals surface area contributed by atoms with E-state index in [0.717, 1.165) is 6.07 Å². The highest BCUT2D eigenvalue weighted by Crippen LogP contribution is 2.21. The summed E-state index contributed by atoms with van der Waals surface area (Å²) in [5, 5.41) is 10.9. The molecule has 1 aromatic carbocycles. The summed E-state index contributed by atoms with van der Waals surface area (Å²) in [5.74, 6) is -3.64. The smallest absolute Gasteiger partial charge is 0.228 e. The standard InChI is InChI=1S/C11H5F3N4/c12-6-3-8(13)10(14)9(4-6)18-11-16-2-1-7(5-15)17-11/h1-4H,(H,16,17,18). The summed E-state index contributed by atoms with van der Waals surface area (Å²) in [7, 11) is 0. The maximum absolute atomic E-state index is 13.3. The first kappa shape index (κ1) is 11.9. The van der Waals surface area contributed by atoms with Crippen molar-refractivity contribution < 1.29 is 13.2 Å². The van der Waals surface area contributed by atoms with E-state index in [1.165, 1.54) is 12.3 Å². The van der Waals surface area contributed by atoms with Crippen LogP contribution in [0.5, 0.6) is 0 Å². The molecular formula is C11H5F3N4. The minimum atomic E-state index is -1.33. The van der Waals surface area contributed by atoms with E-state index >= 15 is 0 Å². The lowest BCUT2D eigenvalue weighted by Crippen LogP contribution is -2.02. The number of halogens is 3. The summed E-state index contributed by atoms with van der Waals surface area (Å²) in [6.45, 7) is 0. The van der Waals surface area contributed by atoms with Crippen LogP contribution in [0.15, 0.2) is 24.4 Å². The Balaban J connectivity index is 2.37. The second-order valence-corrected chi connectivity index (χ2v) is 3.25. The summed E-state index contributed by atoms with van der Waals surface area (Å²) in [5.41, 5.74) is -0.396. The molecule has 1 aromatic heterocycles. The third-order valence-electron chi connectivity index (χ3n) is 2.01. The van der Waals surface area contributed by atoms with E-state index in [-0.39, 0.29) is 11.6 Å². The third-order valence-corrected chi connectivity index (χ3v) is 2.01. The van der Waals surface area contributed by atoms with Crippen molar-refractivity contribution in [2.24, 2.45) is 0 Å². The van der Waals surface area contributed by atoms with Gasteiger partial charge in [-0.05, 0) is 6.07 Å². The first-order valence-corrected chi connectivity index (χ1v) is 4.75. The molecule has 18 heavy (non-hydrogen) atoms. The number of hydrogen-bond donors (Lipinski definition) is 1. The molecule has 0 aliphatic rings. The maximum Gasteiger partial charge on any atom is 0.228 e. The van der Waals surface area contributed by atoms with Crippen LogP contribution in [-0.4, -0.2) is 9.97 Å². The lowest BCUT2D eigenvalue weighted by atomic mass is 10.3. The fourth-order valence-electron chi connectivity index (χ4n) is 1.25. The van der Waals surface area contributed by atoms with E-state index in [4.69, 9.17) is 5.26 Å². The van der Waals surface area contributed by atoms with E-state index < -0.39 is 23.1 Å². The molecule has 0 bridgehead atoms. The molecule has 4 nitrogen and oxygen atoms in total. The molecule has 0 aliphatic heterocycles. The number of hydrogen-bond acceptors (Lipinski definition) is 4. The zero-order chi connectivity index (χ0) is 13.1. The lowest BCUT2D eigenvalue weighted by molar-refractivity contribution is 0.498. The highest BCUT2D eigenvalue weighted by molar-refractivity contribution is 5.54. The molecule has 0 amide bonds. The van der Waals surface area contributed by atoms with Crippen molar-refractivity contribution in [1.29, 1.82) is 5.26 Å². The van der Waals surface area contributed by atoms with Crippen molar-refractivity contribution in [3.63, 3.8) is 0 Å². The number of rotatable bonds is 2. The van der Waals surface area contributed by atoms with Gasteiger partial charge in [0.2, 0.25) is 5.95 Å². The Bertz CT molecular complexity index is 637. The first-order valence-electron chi connectivity index (χ1n) is 4.75. The van der Waals surface area contributed by atoms with Gasteiger partial charge in [-0.1, -0.05) is 0 Å². The minimum Gasteiger partial charge on any atom is -0.321 e. The van der Waals surface area contributed by atoms with E-state index in [1.54, 1.807) is 6.07 Å². The zero-order valence-corrected chi connectivity index (χ0v) is 8.78. The Morgan fingerprint density at radius 1 is 1.22 bits per heavy atom. The fraction of sp³-hybridized carbons (Fsp3) is 0. The van der Waals surface area contributed by atoms with Gasteiger partial charge in [0.1, 0.15) is 17.6 Å². The van der Waals surface area contributed by atoms with Crippen LogP contribution >= 0.6 is 0 Å². The highest BCUT2D eigenvalue weighted by Gasteiger charge is 2.12. The number of anilines is 2. The van der Waals surface area contributed by atoms with Crippen molar-refractivity contribution in [3.05, 3.63) is 47.5 Å².